The first-order valence-corrected chi connectivity index (χ1v) is 15.2. The van der Waals surface area contributed by atoms with Crippen LogP contribution < -0.4 is 25.8 Å². The van der Waals surface area contributed by atoms with Crippen LogP contribution in [0.5, 0.6) is 11.8 Å². The minimum absolute atomic E-state index is 0.0506. The van der Waals surface area contributed by atoms with E-state index in [0.29, 0.717) is 5.56 Å². The topological polar surface area (TPSA) is 129 Å². The molecule has 256 valence electrons. The molecular weight excluding hydrogens is 666 g/mol. The Balaban J connectivity index is 1.60. The number of nitrogen functional groups attached to an aromatic ring is 2. The average Bonchev–Trinajstić information content (AvgIpc) is 3.09. The van der Waals surface area contributed by atoms with Crippen molar-refractivity contribution in [3.05, 3.63) is 51.9 Å². The maximum absolute atomic E-state index is 16.9. The van der Waals surface area contributed by atoms with E-state index in [2.05, 4.69) is 19.9 Å². The van der Waals surface area contributed by atoms with E-state index in [-0.39, 0.29) is 53.9 Å². The number of aromatic nitrogens is 4. The smallest absolute Gasteiger partial charge is 0.418 e. The molecule has 1 aromatic carbocycles. The molecule has 0 saturated carbocycles. The quantitative estimate of drug-likeness (QED) is 0.218. The SMILES string of the molecule is Cc1cc(N)nc(-c2c(Cl)c3c4c(nc(OC[C@@]5(C)CC(F)(F)CN5C)nc4c2F)N([C@H](C)c2cccnc2N)CCO3)c1C(F)(F)F. The maximum atomic E-state index is 16.9. The van der Waals surface area contributed by atoms with E-state index in [0.717, 1.165) is 6.07 Å². The highest BCUT2D eigenvalue weighted by atomic mass is 35.5. The van der Waals surface area contributed by atoms with Gasteiger partial charge in [0.1, 0.15) is 36.2 Å². The summed E-state index contributed by atoms with van der Waals surface area (Å²) in [6.45, 7) is 3.80. The van der Waals surface area contributed by atoms with Gasteiger partial charge in [-0.05, 0) is 45.5 Å². The van der Waals surface area contributed by atoms with Crippen molar-refractivity contribution in [2.24, 2.45) is 0 Å². The van der Waals surface area contributed by atoms with Crippen molar-refractivity contribution in [1.29, 1.82) is 0 Å². The Morgan fingerprint density at radius 3 is 2.56 bits per heavy atom. The summed E-state index contributed by atoms with van der Waals surface area (Å²) in [5.41, 5.74) is 7.83. The van der Waals surface area contributed by atoms with Crippen LogP contribution in [-0.4, -0.2) is 69.6 Å². The molecule has 2 aliphatic rings. The number of halogens is 7. The van der Waals surface area contributed by atoms with E-state index in [1.54, 1.807) is 30.9 Å². The lowest BCUT2D eigenvalue weighted by Crippen LogP contribution is -2.43. The van der Waals surface area contributed by atoms with Crippen LogP contribution in [0.3, 0.4) is 0 Å². The summed E-state index contributed by atoms with van der Waals surface area (Å²) in [5.74, 6) is -4.45. The highest BCUT2D eigenvalue weighted by Gasteiger charge is 2.51. The maximum Gasteiger partial charge on any atom is 0.418 e. The number of rotatable bonds is 6. The van der Waals surface area contributed by atoms with Crippen molar-refractivity contribution in [3.8, 4) is 23.0 Å². The summed E-state index contributed by atoms with van der Waals surface area (Å²) >= 11 is 6.73. The minimum Gasteiger partial charge on any atom is -0.489 e. The predicted molar refractivity (Wildman–Crippen MR) is 168 cm³/mol. The minimum atomic E-state index is -4.97. The molecule has 2 aliphatic heterocycles. The van der Waals surface area contributed by atoms with Crippen LogP contribution in [0, 0.1) is 12.7 Å². The molecule has 17 heteroatoms. The van der Waals surface area contributed by atoms with Gasteiger partial charge in [0.05, 0.1) is 51.9 Å². The van der Waals surface area contributed by atoms with Crippen LogP contribution >= 0.6 is 11.6 Å². The zero-order valence-electron chi connectivity index (χ0n) is 26.2. The summed E-state index contributed by atoms with van der Waals surface area (Å²) in [5, 5.41) is -0.551. The van der Waals surface area contributed by atoms with Crippen LogP contribution in [-0.2, 0) is 6.18 Å². The van der Waals surface area contributed by atoms with E-state index in [1.165, 1.54) is 25.1 Å². The standard InChI is InChI=1S/C31H31ClF6N8O2/c1-14-10-17(39)42-23(20(14)31(36,37)38)18-21(32)25-19-24(22(18)33)43-28(48-13-29(3)11-30(34,35)12-45(29)4)44-27(19)46(8-9-47-25)15(2)16-6-5-7-41-26(16)40/h5-7,10,15H,8-9,11-13H2,1-4H3,(H2,39,42)(H2,40,41)/t15-,29-/m1/s1. The van der Waals surface area contributed by atoms with Gasteiger partial charge in [-0.3, -0.25) is 4.90 Å². The van der Waals surface area contributed by atoms with Crippen molar-refractivity contribution < 1.29 is 35.8 Å². The summed E-state index contributed by atoms with van der Waals surface area (Å²) in [6, 6.07) is 3.49. The number of ether oxygens (including phenoxy) is 2. The van der Waals surface area contributed by atoms with Gasteiger partial charge in [0, 0.05) is 18.2 Å². The van der Waals surface area contributed by atoms with E-state index >= 15 is 4.39 Å². The molecule has 4 aromatic rings. The monoisotopic (exact) mass is 696 g/mol. The first-order chi connectivity index (χ1) is 22.4. The van der Waals surface area contributed by atoms with E-state index in [1.807, 2.05) is 0 Å². The van der Waals surface area contributed by atoms with Crippen molar-refractivity contribution in [1.82, 2.24) is 24.8 Å². The van der Waals surface area contributed by atoms with Gasteiger partial charge >= 0.3 is 12.2 Å². The Labute approximate surface area is 276 Å². The van der Waals surface area contributed by atoms with Gasteiger partial charge in [-0.1, -0.05) is 17.7 Å². The van der Waals surface area contributed by atoms with Crippen molar-refractivity contribution >= 4 is 40.0 Å². The lowest BCUT2D eigenvalue weighted by atomic mass is 9.98. The van der Waals surface area contributed by atoms with Crippen molar-refractivity contribution in [2.45, 2.75) is 50.9 Å². The molecule has 1 saturated heterocycles. The van der Waals surface area contributed by atoms with Gasteiger partial charge in [-0.15, -0.1) is 0 Å². The Morgan fingerprint density at radius 2 is 1.92 bits per heavy atom. The Kier molecular flexibility index (Phi) is 8.18. The number of anilines is 3. The van der Waals surface area contributed by atoms with E-state index in [9.17, 15) is 22.0 Å². The van der Waals surface area contributed by atoms with Crippen molar-refractivity contribution in [2.75, 3.05) is 49.7 Å². The molecular formula is C31H31ClF6N8O2. The fourth-order valence-corrected chi connectivity index (χ4v) is 6.76. The van der Waals surface area contributed by atoms with Crippen LogP contribution in [0.15, 0.2) is 24.4 Å². The predicted octanol–water partition coefficient (Wildman–Crippen LogP) is 6.44. The third kappa shape index (κ3) is 5.74. The number of aryl methyl sites for hydroxylation is 1. The second-order valence-electron chi connectivity index (χ2n) is 12.3. The van der Waals surface area contributed by atoms with Gasteiger partial charge in [-0.25, -0.2) is 23.1 Å². The molecule has 1 fully saturated rings. The molecule has 3 aromatic heterocycles. The number of nitrogens with two attached hydrogens (primary N) is 2. The average molecular weight is 697 g/mol. The highest BCUT2D eigenvalue weighted by Crippen LogP contribution is 2.51. The summed E-state index contributed by atoms with van der Waals surface area (Å²) < 4.78 is 101. The van der Waals surface area contributed by atoms with Gasteiger partial charge in [0.2, 0.25) is 0 Å². The van der Waals surface area contributed by atoms with Gasteiger partial charge in [0.15, 0.2) is 11.6 Å². The van der Waals surface area contributed by atoms with E-state index in [4.69, 9.17) is 32.5 Å². The molecule has 6 rings (SSSR count). The summed E-state index contributed by atoms with van der Waals surface area (Å²) in [4.78, 5) is 20.0. The first-order valence-electron chi connectivity index (χ1n) is 14.8. The van der Waals surface area contributed by atoms with Gasteiger partial charge in [-0.2, -0.15) is 23.1 Å². The van der Waals surface area contributed by atoms with Crippen molar-refractivity contribution in [3.63, 3.8) is 0 Å². The number of alkyl halides is 5. The third-order valence-corrected chi connectivity index (χ3v) is 9.24. The zero-order valence-corrected chi connectivity index (χ0v) is 27.0. The van der Waals surface area contributed by atoms with Crippen LogP contribution in [0.25, 0.3) is 22.2 Å². The molecule has 0 amide bonds. The fraction of sp³-hybridized carbons (Fsp3) is 0.419. The molecule has 0 aliphatic carbocycles. The number of benzene rings is 1. The second-order valence-corrected chi connectivity index (χ2v) is 12.7. The second kappa shape index (κ2) is 11.7. The molecule has 0 spiro atoms. The lowest BCUT2D eigenvalue weighted by Gasteiger charge is -2.32. The number of pyridine rings is 2. The van der Waals surface area contributed by atoms with Crippen LogP contribution in [0.1, 0.15) is 43.0 Å². The van der Waals surface area contributed by atoms with Gasteiger partial charge < -0.3 is 25.8 Å². The molecule has 10 nitrogen and oxygen atoms in total. The molecule has 5 heterocycles. The number of hydrogen-bond acceptors (Lipinski definition) is 10. The zero-order chi connectivity index (χ0) is 34.9. The normalized spacial score (nSPS) is 20.1. The number of nitrogens with zero attached hydrogens (tertiary/aromatic N) is 6. The fourth-order valence-electron chi connectivity index (χ4n) is 6.43. The Bertz CT molecular complexity index is 1930. The number of likely N-dealkylation sites (N-methyl/N-ethyl adjacent to an activating group) is 1. The number of likely N-dealkylation sites (tertiary alicyclic amines) is 1. The Hall–Kier alpha value is -4.31. The van der Waals surface area contributed by atoms with E-state index < -0.39 is 75.8 Å². The molecule has 4 N–H and O–H groups in total. The molecule has 0 radical (unpaired) electrons. The highest BCUT2D eigenvalue weighted by molar-refractivity contribution is 6.36. The first kappa shape index (κ1) is 33.6. The van der Waals surface area contributed by atoms with Gasteiger partial charge in [0.25, 0.3) is 5.92 Å². The van der Waals surface area contributed by atoms with Crippen LogP contribution in [0.4, 0.5) is 43.8 Å². The lowest BCUT2D eigenvalue weighted by molar-refractivity contribution is -0.137. The summed E-state index contributed by atoms with van der Waals surface area (Å²) in [6.07, 6.45) is -3.97. The number of hydrogen-bond donors (Lipinski definition) is 2. The molecule has 0 unspecified atom stereocenters. The van der Waals surface area contributed by atoms with Crippen LogP contribution in [0.2, 0.25) is 5.02 Å². The third-order valence-electron chi connectivity index (χ3n) is 8.88. The molecule has 48 heavy (non-hydrogen) atoms. The molecule has 0 bridgehead atoms. The Morgan fingerprint density at radius 1 is 1.19 bits per heavy atom. The largest absolute Gasteiger partial charge is 0.489 e. The summed E-state index contributed by atoms with van der Waals surface area (Å²) in [7, 11) is 1.53. The molecule has 2 atom stereocenters.